The van der Waals surface area contributed by atoms with Crippen molar-refractivity contribution < 1.29 is 19.3 Å². The van der Waals surface area contributed by atoms with E-state index in [1.165, 1.54) is 6.07 Å². The van der Waals surface area contributed by atoms with Gasteiger partial charge in [0, 0.05) is 6.42 Å². The SMILES string of the molecule is Cc1cc([C@H]2C[C@H](O)[C@@H](CO)O2)ccc1F. The van der Waals surface area contributed by atoms with Crippen LogP contribution in [0.5, 0.6) is 0 Å². The molecule has 0 aliphatic carbocycles. The van der Waals surface area contributed by atoms with Gasteiger partial charge in [-0.1, -0.05) is 12.1 Å². The Labute approximate surface area is 93.5 Å². The van der Waals surface area contributed by atoms with Crippen LogP contribution in [0.4, 0.5) is 4.39 Å². The van der Waals surface area contributed by atoms with E-state index in [9.17, 15) is 9.50 Å². The average Bonchev–Trinajstić information content (AvgIpc) is 2.64. The van der Waals surface area contributed by atoms with Gasteiger partial charge in [-0.15, -0.1) is 0 Å². The molecule has 0 unspecified atom stereocenters. The summed E-state index contributed by atoms with van der Waals surface area (Å²) in [4.78, 5) is 0. The number of benzene rings is 1. The molecule has 0 spiro atoms. The van der Waals surface area contributed by atoms with Gasteiger partial charge in [-0.05, 0) is 24.1 Å². The predicted molar refractivity (Wildman–Crippen MR) is 56.5 cm³/mol. The van der Waals surface area contributed by atoms with E-state index in [1.807, 2.05) is 0 Å². The van der Waals surface area contributed by atoms with Gasteiger partial charge >= 0.3 is 0 Å². The standard InChI is InChI=1S/C12H15FO3/c1-7-4-8(2-3-9(7)13)11-5-10(15)12(6-14)16-11/h2-4,10-12,14-15H,5-6H2,1H3/t10-,11+,12+/m0/s1. The number of halogens is 1. The summed E-state index contributed by atoms with van der Waals surface area (Å²) in [7, 11) is 0. The van der Waals surface area contributed by atoms with Crippen molar-refractivity contribution in [3.05, 3.63) is 35.1 Å². The van der Waals surface area contributed by atoms with Gasteiger partial charge in [0.05, 0.1) is 18.8 Å². The maximum atomic E-state index is 13.1. The normalized spacial score (nSPS) is 29.6. The van der Waals surface area contributed by atoms with E-state index in [2.05, 4.69) is 0 Å². The number of aryl methyl sites for hydroxylation is 1. The van der Waals surface area contributed by atoms with Crippen molar-refractivity contribution in [2.24, 2.45) is 0 Å². The van der Waals surface area contributed by atoms with E-state index < -0.39 is 12.2 Å². The molecule has 1 aromatic carbocycles. The van der Waals surface area contributed by atoms with Gasteiger partial charge < -0.3 is 14.9 Å². The van der Waals surface area contributed by atoms with Crippen molar-refractivity contribution in [2.75, 3.05) is 6.61 Å². The Balaban J connectivity index is 2.17. The first-order chi connectivity index (χ1) is 7.61. The molecular formula is C12H15FO3. The Morgan fingerprint density at radius 2 is 2.25 bits per heavy atom. The molecule has 1 heterocycles. The predicted octanol–water partition coefficient (Wildman–Crippen LogP) is 1.32. The van der Waals surface area contributed by atoms with Crippen LogP contribution in [0.3, 0.4) is 0 Å². The molecule has 4 heteroatoms. The Bertz CT molecular complexity index is 381. The van der Waals surface area contributed by atoms with Crippen LogP contribution in [0.15, 0.2) is 18.2 Å². The van der Waals surface area contributed by atoms with E-state index in [-0.39, 0.29) is 18.5 Å². The van der Waals surface area contributed by atoms with Gasteiger partial charge in [0.15, 0.2) is 0 Å². The summed E-state index contributed by atoms with van der Waals surface area (Å²) in [5, 5.41) is 18.5. The van der Waals surface area contributed by atoms with Gasteiger partial charge in [-0.3, -0.25) is 0 Å². The number of rotatable bonds is 2. The van der Waals surface area contributed by atoms with E-state index in [0.29, 0.717) is 12.0 Å². The van der Waals surface area contributed by atoms with E-state index in [4.69, 9.17) is 9.84 Å². The van der Waals surface area contributed by atoms with Crippen LogP contribution in [-0.2, 0) is 4.74 Å². The van der Waals surface area contributed by atoms with E-state index in [1.54, 1.807) is 19.1 Å². The van der Waals surface area contributed by atoms with E-state index in [0.717, 1.165) is 5.56 Å². The second kappa shape index (κ2) is 4.49. The maximum absolute atomic E-state index is 13.1. The molecule has 0 aromatic heterocycles. The largest absolute Gasteiger partial charge is 0.394 e. The van der Waals surface area contributed by atoms with Crippen LogP contribution in [0.2, 0.25) is 0 Å². The van der Waals surface area contributed by atoms with Gasteiger partial charge in [0.2, 0.25) is 0 Å². The van der Waals surface area contributed by atoms with Crippen molar-refractivity contribution in [1.82, 2.24) is 0 Å². The van der Waals surface area contributed by atoms with E-state index >= 15 is 0 Å². The zero-order chi connectivity index (χ0) is 11.7. The number of hydrogen-bond acceptors (Lipinski definition) is 3. The molecule has 3 nitrogen and oxygen atoms in total. The Kier molecular flexibility index (Phi) is 3.23. The summed E-state index contributed by atoms with van der Waals surface area (Å²) < 4.78 is 18.6. The maximum Gasteiger partial charge on any atom is 0.126 e. The topological polar surface area (TPSA) is 49.7 Å². The summed E-state index contributed by atoms with van der Waals surface area (Å²) in [5.41, 5.74) is 1.40. The summed E-state index contributed by atoms with van der Waals surface area (Å²) in [6, 6.07) is 4.76. The fourth-order valence-electron chi connectivity index (χ4n) is 1.98. The van der Waals surface area contributed by atoms with Crippen molar-refractivity contribution >= 4 is 0 Å². The average molecular weight is 226 g/mol. The van der Waals surface area contributed by atoms with Crippen molar-refractivity contribution in [2.45, 2.75) is 31.7 Å². The second-order valence-corrected chi connectivity index (χ2v) is 4.16. The van der Waals surface area contributed by atoms with Gasteiger partial charge in [0.25, 0.3) is 0 Å². The lowest BCUT2D eigenvalue weighted by Gasteiger charge is -2.13. The first-order valence-electron chi connectivity index (χ1n) is 5.32. The molecule has 1 fully saturated rings. The fraction of sp³-hybridized carbons (Fsp3) is 0.500. The highest BCUT2D eigenvalue weighted by Gasteiger charge is 2.34. The third-order valence-corrected chi connectivity index (χ3v) is 2.96. The summed E-state index contributed by atoms with van der Waals surface area (Å²) in [6.45, 7) is 1.49. The molecule has 3 atom stereocenters. The van der Waals surface area contributed by atoms with Crippen LogP contribution in [-0.4, -0.2) is 29.0 Å². The second-order valence-electron chi connectivity index (χ2n) is 4.16. The Morgan fingerprint density at radius 1 is 1.50 bits per heavy atom. The number of aliphatic hydroxyl groups is 2. The first kappa shape index (κ1) is 11.5. The molecule has 0 bridgehead atoms. The van der Waals surface area contributed by atoms with Crippen molar-refractivity contribution in [1.29, 1.82) is 0 Å². The van der Waals surface area contributed by atoms with Crippen molar-refractivity contribution in [3.63, 3.8) is 0 Å². The minimum Gasteiger partial charge on any atom is -0.394 e. The number of aliphatic hydroxyl groups excluding tert-OH is 2. The quantitative estimate of drug-likeness (QED) is 0.799. The molecule has 0 radical (unpaired) electrons. The van der Waals surface area contributed by atoms with Crippen LogP contribution in [0.25, 0.3) is 0 Å². The molecule has 1 saturated heterocycles. The smallest absolute Gasteiger partial charge is 0.126 e. The number of hydrogen-bond donors (Lipinski definition) is 2. The Morgan fingerprint density at radius 3 is 2.81 bits per heavy atom. The molecule has 88 valence electrons. The minimum absolute atomic E-state index is 0.197. The molecule has 1 aliphatic heterocycles. The molecule has 16 heavy (non-hydrogen) atoms. The van der Waals surface area contributed by atoms with Crippen molar-refractivity contribution in [3.8, 4) is 0 Å². The molecule has 1 aromatic rings. The molecule has 2 rings (SSSR count). The van der Waals surface area contributed by atoms with Crippen LogP contribution in [0, 0.1) is 12.7 Å². The summed E-state index contributed by atoms with van der Waals surface area (Å²) in [5.74, 6) is -0.249. The summed E-state index contributed by atoms with van der Waals surface area (Å²) in [6.07, 6.45) is -1.00. The summed E-state index contributed by atoms with van der Waals surface area (Å²) >= 11 is 0. The zero-order valence-electron chi connectivity index (χ0n) is 9.06. The van der Waals surface area contributed by atoms with Gasteiger partial charge in [0.1, 0.15) is 11.9 Å². The van der Waals surface area contributed by atoms with Crippen LogP contribution >= 0.6 is 0 Å². The highest BCUT2D eigenvalue weighted by Crippen LogP contribution is 2.33. The monoisotopic (exact) mass is 226 g/mol. The lowest BCUT2D eigenvalue weighted by molar-refractivity contribution is -0.0225. The molecule has 0 amide bonds. The van der Waals surface area contributed by atoms with Gasteiger partial charge in [-0.25, -0.2) is 4.39 Å². The lowest BCUT2D eigenvalue weighted by atomic mass is 10.0. The number of ether oxygens (including phenoxy) is 1. The third-order valence-electron chi connectivity index (χ3n) is 2.96. The first-order valence-corrected chi connectivity index (χ1v) is 5.32. The third kappa shape index (κ3) is 2.09. The molecule has 1 aliphatic rings. The molecule has 0 saturated carbocycles. The minimum atomic E-state index is -0.652. The van der Waals surface area contributed by atoms with Crippen LogP contribution < -0.4 is 0 Å². The molecular weight excluding hydrogens is 211 g/mol. The Hall–Kier alpha value is -0.970. The highest BCUT2D eigenvalue weighted by molar-refractivity contribution is 5.26. The van der Waals surface area contributed by atoms with Crippen LogP contribution in [0.1, 0.15) is 23.7 Å². The fourth-order valence-corrected chi connectivity index (χ4v) is 1.98. The zero-order valence-corrected chi connectivity index (χ0v) is 9.06. The molecule has 2 N–H and O–H groups in total. The lowest BCUT2D eigenvalue weighted by Crippen LogP contribution is -2.24. The highest BCUT2D eigenvalue weighted by atomic mass is 19.1. The van der Waals surface area contributed by atoms with Gasteiger partial charge in [-0.2, -0.15) is 0 Å².